The lowest BCUT2D eigenvalue weighted by Crippen LogP contribution is -2.36. The fourth-order valence-electron chi connectivity index (χ4n) is 2.86. The van der Waals surface area contributed by atoms with Gasteiger partial charge < -0.3 is 25.4 Å². The molecule has 0 radical (unpaired) electrons. The molecule has 0 saturated heterocycles. The summed E-state index contributed by atoms with van der Waals surface area (Å²) in [5.74, 6) is 0.588. The highest BCUT2D eigenvalue weighted by molar-refractivity contribution is 5.94. The standard InChI is InChI=1S/C22H28F2N4O3/c1-4-26-20(29)16-9-6-8-15(12-16)13-27-22(25-3)28-14-17-10-7-11-18(30-5-2)19(17)31-21(23)24/h6-12,21H,4-5,13-14H2,1-3H3,(H,26,29)(H2,25,27,28). The number of aliphatic imine (C=N–C) groups is 1. The topological polar surface area (TPSA) is 84.0 Å². The van der Waals surface area contributed by atoms with Crippen molar-refractivity contribution >= 4 is 11.9 Å². The summed E-state index contributed by atoms with van der Waals surface area (Å²) in [4.78, 5) is 16.1. The molecule has 0 heterocycles. The van der Waals surface area contributed by atoms with Crippen LogP contribution in [0.5, 0.6) is 11.5 Å². The lowest BCUT2D eigenvalue weighted by molar-refractivity contribution is -0.0520. The van der Waals surface area contributed by atoms with Gasteiger partial charge in [-0.05, 0) is 37.6 Å². The molecular formula is C22H28F2N4O3. The fourth-order valence-corrected chi connectivity index (χ4v) is 2.86. The maximum absolute atomic E-state index is 12.9. The Kier molecular flexibility index (Phi) is 9.54. The molecule has 0 bridgehead atoms. The molecule has 0 aromatic heterocycles. The number of carbonyl (C=O) groups is 1. The summed E-state index contributed by atoms with van der Waals surface area (Å²) < 4.78 is 35.8. The van der Waals surface area contributed by atoms with Gasteiger partial charge in [-0.25, -0.2) is 0 Å². The second-order valence-corrected chi connectivity index (χ2v) is 6.40. The van der Waals surface area contributed by atoms with Gasteiger partial charge in [0.05, 0.1) is 6.61 Å². The Hall–Kier alpha value is -3.36. The van der Waals surface area contributed by atoms with Gasteiger partial charge >= 0.3 is 6.61 Å². The third-order valence-corrected chi connectivity index (χ3v) is 4.22. The molecule has 0 aliphatic rings. The van der Waals surface area contributed by atoms with Gasteiger partial charge in [-0.2, -0.15) is 8.78 Å². The van der Waals surface area contributed by atoms with E-state index < -0.39 is 6.61 Å². The molecule has 3 N–H and O–H groups in total. The number of rotatable bonds is 10. The van der Waals surface area contributed by atoms with Crippen LogP contribution >= 0.6 is 0 Å². The lowest BCUT2D eigenvalue weighted by atomic mass is 10.1. The number of alkyl halides is 2. The summed E-state index contributed by atoms with van der Waals surface area (Å²) in [5, 5.41) is 8.98. The van der Waals surface area contributed by atoms with Gasteiger partial charge in [0.15, 0.2) is 17.5 Å². The molecule has 9 heteroatoms. The number of amides is 1. The van der Waals surface area contributed by atoms with Gasteiger partial charge in [0.2, 0.25) is 0 Å². The van der Waals surface area contributed by atoms with Gasteiger partial charge in [0, 0.05) is 37.8 Å². The van der Waals surface area contributed by atoms with E-state index in [9.17, 15) is 13.6 Å². The first-order chi connectivity index (χ1) is 15.0. The molecule has 2 aromatic carbocycles. The van der Waals surface area contributed by atoms with Gasteiger partial charge in [0.1, 0.15) is 0 Å². The average molecular weight is 434 g/mol. The number of para-hydroxylation sites is 1. The van der Waals surface area contributed by atoms with Crippen LogP contribution in [0.1, 0.15) is 35.3 Å². The Morgan fingerprint density at radius 3 is 2.48 bits per heavy atom. The zero-order valence-corrected chi connectivity index (χ0v) is 17.9. The van der Waals surface area contributed by atoms with Crippen molar-refractivity contribution in [2.24, 2.45) is 4.99 Å². The number of benzene rings is 2. The van der Waals surface area contributed by atoms with Crippen LogP contribution in [0.4, 0.5) is 8.78 Å². The largest absolute Gasteiger partial charge is 0.490 e. The van der Waals surface area contributed by atoms with Crippen molar-refractivity contribution in [1.29, 1.82) is 0 Å². The maximum Gasteiger partial charge on any atom is 0.387 e. The summed E-state index contributed by atoms with van der Waals surface area (Å²) in [7, 11) is 1.60. The fraction of sp³-hybridized carbons (Fsp3) is 0.364. The highest BCUT2D eigenvalue weighted by Gasteiger charge is 2.16. The van der Waals surface area contributed by atoms with Crippen molar-refractivity contribution in [2.75, 3.05) is 20.2 Å². The summed E-state index contributed by atoms with van der Waals surface area (Å²) in [6, 6.07) is 12.2. The molecule has 31 heavy (non-hydrogen) atoms. The number of hydrogen-bond donors (Lipinski definition) is 3. The van der Waals surface area contributed by atoms with Gasteiger partial charge in [-0.15, -0.1) is 0 Å². The molecule has 0 aliphatic heterocycles. The summed E-state index contributed by atoms with van der Waals surface area (Å²) >= 11 is 0. The monoisotopic (exact) mass is 434 g/mol. The molecule has 0 aliphatic carbocycles. The van der Waals surface area contributed by atoms with Crippen LogP contribution in [-0.2, 0) is 13.1 Å². The molecule has 0 fully saturated rings. The third kappa shape index (κ3) is 7.44. The lowest BCUT2D eigenvalue weighted by Gasteiger charge is -2.17. The zero-order chi connectivity index (χ0) is 22.6. The highest BCUT2D eigenvalue weighted by Crippen LogP contribution is 2.32. The van der Waals surface area contributed by atoms with Crippen LogP contribution < -0.4 is 25.4 Å². The SMILES string of the molecule is CCNC(=O)c1cccc(CNC(=NC)NCc2cccc(OCC)c2OC(F)F)c1. The van der Waals surface area contributed by atoms with Crippen LogP contribution in [-0.4, -0.2) is 38.7 Å². The highest BCUT2D eigenvalue weighted by atomic mass is 19.3. The third-order valence-electron chi connectivity index (χ3n) is 4.22. The van der Waals surface area contributed by atoms with Crippen molar-refractivity contribution in [2.45, 2.75) is 33.5 Å². The summed E-state index contributed by atoms with van der Waals surface area (Å²) in [6.07, 6.45) is 0. The van der Waals surface area contributed by atoms with Crippen LogP contribution in [0.15, 0.2) is 47.5 Å². The predicted molar refractivity (Wildman–Crippen MR) is 116 cm³/mol. The van der Waals surface area contributed by atoms with Crippen molar-refractivity contribution < 1.29 is 23.0 Å². The minimum Gasteiger partial charge on any atom is -0.490 e. The average Bonchev–Trinajstić information content (AvgIpc) is 2.76. The molecule has 1 amide bonds. The van der Waals surface area contributed by atoms with Crippen molar-refractivity contribution in [3.8, 4) is 11.5 Å². The van der Waals surface area contributed by atoms with E-state index in [1.807, 2.05) is 19.1 Å². The molecule has 0 saturated carbocycles. The molecule has 2 rings (SSSR count). The van der Waals surface area contributed by atoms with Crippen molar-refractivity contribution in [3.05, 3.63) is 59.2 Å². The Morgan fingerprint density at radius 1 is 1.06 bits per heavy atom. The van der Waals surface area contributed by atoms with E-state index in [0.29, 0.717) is 36.8 Å². The van der Waals surface area contributed by atoms with E-state index in [2.05, 4.69) is 25.7 Å². The quantitative estimate of drug-likeness (QED) is 0.395. The molecule has 0 unspecified atom stereocenters. The number of ether oxygens (including phenoxy) is 2. The zero-order valence-electron chi connectivity index (χ0n) is 17.9. The summed E-state index contributed by atoms with van der Waals surface area (Å²) in [6.45, 7) is 2.17. The van der Waals surface area contributed by atoms with E-state index in [1.54, 1.807) is 44.3 Å². The van der Waals surface area contributed by atoms with Crippen LogP contribution in [0.25, 0.3) is 0 Å². The van der Waals surface area contributed by atoms with Crippen LogP contribution in [0, 0.1) is 0 Å². The number of nitrogens with zero attached hydrogens (tertiary/aromatic N) is 1. The first-order valence-electron chi connectivity index (χ1n) is 9.99. The van der Waals surface area contributed by atoms with Gasteiger partial charge in [-0.1, -0.05) is 24.3 Å². The summed E-state index contributed by atoms with van der Waals surface area (Å²) in [5.41, 5.74) is 1.98. The minimum atomic E-state index is -2.96. The Morgan fingerprint density at radius 2 is 1.81 bits per heavy atom. The van der Waals surface area contributed by atoms with E-state index in [1.165, 1.54) is 0 Å². The number of carbonyl (C=O) groups excluding carboxylic acids is 1. The predicted octanol–water partition coefficient (Wildman–Crippen LogP) is 3.30. The van der Waals surface area contributed by atoms with E-state index in [0.717, 1.165) is 5.56 Å². The minimum absolute atomic E-state index is 0.00283. The Balaban J connectivity index is 2.03. The van der Waals surface area contributed by atoms with Crippen LogP contribution in [0.3, 0.4) is 0 Å². The molecule has 7 nitrogen and oxygen atoms in total. The van der Waals surface area contributed by atoms with Crippen LogP contribution in [0.2, 0.25) is 0 Å². The number of halogens is 2. The Labute approximate surface area is 180 Å². The second-order valence-electron chi connectivity index (χ2n) is 6.40. The molecule has 168 valence electrons. The van der Waals surface area contributed by atoms with E-state index >= 15 is 0 Å². The molecular weight excluding hydrogens is 406 g/mol. The van der Waals surface area contributed by atoms with Crippen molar-refractivity contribution in [1.82, 2.24) is 16.0 Å². The smallest absolute Gasteiger partial charge is 0.387 e. The number of nitrogens with one attached hydrogen (secondary N) is 3. The molecule has 2 aromatic rings. The number of guanidine groups is 1. The Bertz CT molecular complexity index is 891. The molecule has 0 atom stereocenters. The van der Waals surface area contributed by atoms with Gasteiger partial charge in [0.25, 0.3) is 5.91 Å². The first kappa shape index (κ1) is 23.9. The first-order valence-corrected chi connectivity index (χ1v) is 9.99. The van der Waals surface area contributed by atoms with Crippen molar-refractivity contribution in [3.63, 3.8) is 0 Å². The molecule has 0 spiro atoms. The number of hydrogen-bond acceptors (Lipinski definition) is 4. The normalized spacial score (nSPS) is 11.2. The van der Waals surface area contributed by atoms with Gasteiger partial charge in [-0.3, -0.25) is 9.79 Å². The maximum atomic E-state index is 12.9. The second kappa shape index (κ2) is 12.4. The van der Waals surface area contributed by atoms with E-state index in [4.69, 9.17) is 4.74 Å². The van der Waals surface area contributed by atoms with E-state index in [-0.39, 0.29) is 24.0 Å².